The third-order valence-corrected chi connectivity index (χ3v) is 8.88. The Morgan fingerprint density at radius 2 is 2.00 bits per heavy atom. The molecule has 1 aromatic carbocycles. The first-order valence-electron chi connectivity index (χ1n) is 11.3. The number of piperazine rings is 1. The molecule has 2 aliphatic heterocycles. The van der Waals surface area contributed by atoms with Gasteiger partial charge in [0, 0.05) is 55.8 Å². The van der Waals surface area contributed by atoms with Crippen molar-refractivity contribution in [1.82, 2.24) is 10.2 Å². The van der Waals surface area contributed by atoms with E-state index in [0.717, 1.165) is 57.4 Å². The summed E-state index contributed by atoms with van der Waals surface area (Å²) in [6, 6.07) is 8.82. The topological polar surface area (TPSA) is 35.6 Å². The normalized spacial score (nSPS) is 20.2. The van der Waals surface area contributed by atoms with Crippen LogP contribution in [0.2, 0.25) is 0 Å². The number of nitrogens with one attached hydrogen (secondary N) is 1. The first-order chi connectivity index (χ1) is 14.2. The number of rotatable bonds is 11. The van der Waals surface area contributed by atoms with Crippen molar-refractivity contribution in [1.29, 1.82) is 0 Å². The van der Waals surface area contributed by atoms with Crippen LogP contribution in [0.5, 0.6) is 0 Å². The van der Waals surface area contributed by atoms with E-state index in [1.54, 1.807) is 0 Å². The minimum atomic E-state index is 0.241. The summed E-state index contributed by atoms with van der Waals surface area (Å²) in [6.45, 7) is 8.63. The van der Waals surface area contributed by atoms with Crippen LogP contribution in [0, 0.1) is 6.92 Å². The zero-order chi connectivity index (χ0) is 20.3. The molecule has 0 saturated carbocycles. The number of aryl methyl sites for hydroxylation is 1. The zero-order valence-corrected chi connectivity index (χ0v) is 19.5. The Morgan fingerprint density at radius 1 is 1.14 bits per heavy atom. The van der Waals surface area contributed by atoms with Gasteiger partial charge < -0.3 is 10.2 Å². The first kappa shape index (κ1) is 22.8. The Bertz CT molecular complexity index is 614. The third-order valence-electron chi connectivity index (χ3n) is 5.87. The Hall–Kier alpha value is -0.850. The fourth-order valence-corrected chi connectivity index (χ4v) is 7.08. The minimum Gasteiger partial charge on any atom is -0.369 e. The number of unbranched alkanes of at least 4 members (excludes halogenated alkanes) is 2. The second kappa shape index (κ2) is 12.8. The Labute approximate surface area is 185 Å². The lowest BCUT2D eigenvalue weighted by Gasteiger charge is -2.36. The maximum Gasteiger partial charge on any atom is 0.219 e. The molecule has 1 aromatic rings. The minimum absolute atomic E-state index is 0.241. The van der Waals surface area contributed by atoms with Crippen LogP contribution in [-0.2, 0) is 4.79 Å². The maximum atomic E-state index is 12.0. The average Bonchev–Trinajstić information content (AvgIpc) is 3.25. The van der Waals surface area contributed by atoms with Gasteiger partial charge in [-0.15, -0.1) is 0 Å². The van der Waals surface area contributed by atoms with E-state index < -0.39 is 0 Å². The van der Waals surface area contributed by atoms with Gasteiger partial charge in [-0.05, 0) is 63.3 Å². The summed E-state index contributed by atoms with van der Waals surface area (Å²) < 4.78 is 0. The summed E-state index contributed by atoms with van der Waals surface area (Å²) in [6.07, 6.45) is 7.82. The van der Waals surface area contributed by atoms with Gasteiger partial charge in [0.25, 0.3) is 0 Å². The highest BCUT2D eigenvalue weighted by Gasteiger charge is 2.17. The third kappa shape index (κ3) is 8.42. The van der Waals surface area contributed by atoms with E-state index in [2.05, 4.69) is 46.3 Å². The summed E-state index contributed by atoms with van der Waals surface area (Å²) in [4.78, 5) is 17.0. The number of hydrogen-bond acceptors (Lipinski definition) is 5. The van der Waals surface area contributed by atoms with E-state index >= 15 is 0 Å². The Kier molecular flexibility index (Phi) is 10.0. The lowest BCUT2D eigenvalue weighted by molar-refractivity contribution is -0.121. The van der Waals surface area contributed by atoms with Gasteiger partial charge in [-0.1, -0.05) is 40.1 Å². The van der Waals surface area contributed by atoms with E-state index in [1.165, 1.54) is 42.7 Å². The molecule has 4 nitrogen and oxygen atoms in total. The summed E-state index contributed by atoms with van der Waals surface area (Å²) in [5, 5.41) is 3.94. The quantitative estimate of drug-likeness (QED) is 0.402. The van der Waals surface area contributed by atoms with Gasteiger partial charge in [0.15, 0.2) is 0 Å². The molecule has 0 radical (unpaired) electrons. The molecule has 2 saturated heterocycles. The maximum absolute atomic E-state index is 12.0. The number of carbonyl (C=O) groups is 1. The van der Waals surface area contributed by atoms with Crippen molar-refractivity contribution in [3.8, 4) is 0 Å². The summed E-state index contributed by atoms with van der Waals surface area (Å²) >= 11 is 0. The van der Waals surface area contributed by atoms with Crippen molar-refractivity contribution >= 4 is 33.2 Å². The molecule has 2 heterocycles. The molecule has 6 heteroatoms. The summed E-state index contributed by atoms with van der Waals surface area (Å²) in [5.74, 6) is 1.54. The predicted octanol–water partition coefficient (Wildman–Crippen LogP) is 4.73. The molecular formula is C23H37N3OS2. The van der Waals surface area contributed by atoms with E-state index in [4.69, 9.17) is 0 Å². The van der Waals surface area contributed by atoms with Crippen LogP contribution in [0.3, 0.4) is 0 Å². The first-order valence-corrected chi connectivity index (χ1v) is 13.7. The van der Waals surface area contributed by atoms with Crippen LogP contribution in [0.1, 0.15) is 50.5 Å². The number of anilines is 1. The summed E-state index contributed by atoms with van der Waals surface area (Å²) in [5.41, 5.74) is 2.69. The van der Waals surface area contributed by atoms with E-state index in [1.807, 2.05) is 21.6 Å². The molecule has 2 fully saturated rings. The molecule has 1 amide bonds. The Morgan fingerprint density at radius 3 is 2.76 bits per heavy atom. The van der Waals surface area contributed by atoms with Crippen LogP contribution >= 0.6 is 21.6 Å². The monoisotopic (exact) mass is 435 g/mol. The zero-order valence-electron chi connectivity index (χ0n) is 17.9. The van der Waals surface area contributed by atoms with Gasteiger partial charge in [-0.25, -0.2) is 0 Å². The SMILES string of the molecule is Cc1cccc(N2CCN(CCCCNC(=O)CCCCC3CCSS3)CC2)c1. The molecule has 0 spiro atoms. The van der Waals surface area contributed by atoms with Crippen molar-refractivity contribution < 1.29 is 4.79 Å². The van der Waals surface area contributed by atoms with Crippen molar-refractivity contribution in [3.63, 3.8) is 0 Å². The number of nitrogens with zero attached hydrogens (tertiary/aromatic N) is 2. The van der Waals surface area contributed by atoms with E-state index in [-0.39, 0.29) is 5.91 Å². The van der Waals surface area contributed by atoms with E-state index in [0.29, 0.717) is 6.42 Å². The van der Waals surface area contributed by atoms with Crippen molar-refractivity contribution in [2.75, 3.05) is 49.9 Å². The number of amides is 1. The molecule has 1 N–H and O–H groups in total. The number of benzene rings is 1. The fourth-order valence-electron chi connectivity index (χ4n) is 4.05. The highest BCUT2D eigenvalue weighted by atomic mass is 33.1. The largest absolute Gasteiger partial charge is 0.369 e. The van der Waals surface area contributed by atoms with Gasteiger partial charge >= 0.3 is 0 Å². The Balaban J connectivity index is 1.17. The molecule has 162 valence electrons. The summed E-state index contributed by atoms with van der Waals surface area (Å²) in [7, 11) is 4.04. The molecule has 29 heavy (non-hydrogen) atoms. The second-order valence-electron chi connectivity index (χ2n) is 8.30. The molecule has 0 aromatic heterocycles. The van der Waals surface area contributed by atoms with Crippen LogP contribution in [0.15, 0.2) is 24.3 Å². The fraction of sp³-hybridized carbons (Fsp3) is 0.696. The molecule has 2 aliphatic rings. The van der Waals surface area contributed by atoms with Crippen molar-refractivity contribution in [2.45, 2.75) is 57.1 Å². The molecule has 0 aliphatic carbocycles. The van der Waals surface area contributed by atoms with Crippen LogP contribution < -0.4 is 10.2 Å². The molecule has 0 bridgehead atoms. The van der Waals surface area contributed by atoms with Crippen LogP contribution in [-0.4, -0.2) is 61.1 Å². The molecule has 1 atom stereocenters. The molecule has 3 rings (SSSR count). The molecular weight excluding hydrogens is 398 g/mol. The van der Waals surface area contributed by atoms with Crippen molar-refractivity contribution in [2.24, 2.45) is 0 Å². The molecule has 1 unspecified atom stereocenters. The lowest BCUT2D eigenvalue weighted by Crippen LogP contribution is -2.46. The van der Waals surface area contributed by atoms with Gasteiger partial charge in [-0.2, -0.15) is 0 Å². The van der Waals surface area contributed by atoms with E-state index in [9.17, 15) is 4.79 Å². The smallest absolute Gasteiger partial charge is 0.219 e. The highest BCUT2D eigenvalue weighted by Crippen LogP contribution is 2.39. The number of hydrogen-bond donors (Lipinski definition) is 1. The van der Waals surface area contributed by atoms with Gasteiger partial charge in [-0.3, -0.25) is 9.69 Å². The second-order valence-corrected chi connectivity index (χ2v) is 11.1. The van der Waals surface area contributed by atoms with Crippen LogP contribution in [0.4, 0.5) is 5.69 Å². The lowest BCUT2D eigenvalue weighted by atomic mass is 10.1. The average molecular weight is 436 g/mol. The van der Waals surface area contributed by atoms with Gasteiger partial charge in [0.2, 0.25) is 5.91 Å². The van der Waals surface area contributed by atoms with Gasteiger partial charge in [0.1, 0.15) is 0 Å². The predicted molar refractivity (Wildman–Crippen MR) is 129 cm³/mol. The standard InChI is InChI=1S/C23H37N3OS2/c1-20-7-6-8-21(19-20)26-16-14-25(15-17-26)13-5-4-12-24-23(27)10-3-2-9-22-11-18-28-29-22/h6-8,19,22H,2-5,9-18H2,1H3,(H,24,27). The van der Waals surface area contributed by atoms with Gasteiger partial charge in [0.05, 0.1) is 0 Å². The van der Waals surface area contributed by atoms with Crippen LogP contribution in [0.25, 0.3) is 0 Å². The highest BCUT2D eigenvalue weighted by molar-refractivity contribution is 8.77. The van der Waals surface area contributed by atoms with Crippen molar-refractivity contribution in [3.05, 3.63) is 29.8 Å². The number of carbonyl (C=O) groups excluding carboxylic acids is 1.